The van der Waals surface area contributed by atoms with Crippen LogP contribution in [0.1, 0.15) is 70.9 Å². The monoisotopic (exact) mass is 328 g/mol. The Morgan fingerprint density at radius 1 is 1.38 bits per heavy atom. The molecule has 1 aromatic rings. The Bertz CT molecular complexity index is 685. The van der Waals surface area contributed by atoms with Gasteiger partial charge in [-0.25, -0.2) is 0 Å². The summed E-state index contributed by atoms with van der Waals surface area (Å²) in [6.07, 6.45) is 6.35. The maximum atomic E-state index is 11.6. The van der Waals surface area contributed by atoms with E-state index in [4.69, 9.17) is 9.47 Å². The van der Waals surface area contributed by atoms with Gasteiger partial charge in [0.1, 0.15) is 17.1 Å². The maximum absolute atomic E-state index is 11.6. The zero-order chi connectivity index (χ0) is 17.5. The van der Waals surface area contributed by atoms with E-state index in [9.17, 15) is 4.79 Å². The molecule has 0 saturated carbocycles. The SMILES string of the molecule is CCCc1cc(OC(C)=O)c2c(c1)OC(C)(C)[C@@H]1CC=C(C)C[C@@H]21. The smallest absolute Gasteiger partial charge is 0.308 e. The van der Waals surface area contributed by atoms with Gasteiger partial charge in [-0.05, 0) is 57.7 Å². The summed E-state index contributed by atoms with van der Waals surface area (Å²) < 4.78 is 12.0. The van der Waals surface area contributed by atoms with Crippen molar-refractivity contribution in [1.29, 1.82) is 0 Å². The first-order chi connectivity index (χ1) is 11.3. The van der Waals surface area contributed by atoms with E-state index in [0.29, 0.717) is 17.6 Å². The summed E-state index contributed by atoms with van der Waals surface area (Å²) in [5, 5.41) is 0. The molecule has 1 aromatic carbocycles. The molecule has 2 atom stereocenters. The number of esters is 1. The van der Waals surface area contributed by atoms with Crippen LogP contribution in [0.5, 0.6) is 11.5 Å². The minimum Gasteiger partial charge on any atom is -0.487 e. The number of hydrogen-bond donors (Lipinski definition) is 0. The van der Waals surface area contributed by atoms with Gasteiger partial charge in [-0.15, -0.1) is 0 Å². The highest BCUT2D eigenvalue weighted by molar-refractivity contribution is 5.71. The lowest BCUT2D eigenvalue weighted by molar-refractivity contribution is -0.132. The van der Waals surface area contributed by atoms with Crippen LogP contribution in [0.3, 0.4) is 0 Å². The van der Waals surface area contributed by atoms with E-state index in [-0.39, 0.29) is 11.6 Å². The topological polar surface area (TPSA) is 35.5 Å². The molecule has 1 heterocycles. The normalized spacial score (nSPS) is 24.3. The number of rotatable bonds is 3. The highest BCUT2D eigenvalue weighted by Gasteiger charge is 2.46. The van der Waals surface area contributed by atoms with Crippen LogP contribution in [-0.4, -0.2) is 11.6 Å². The van der Waals surface area contributed by atoms with Crippen LogP contribution < -0.4 is 9.47 Å². The number of hydrogen-bond acceptors (Lipinski definition) is 3. The third-order valence-corrected chi connectivity index (χ3v) is 5.34. The maximum Gasteiger partial charge on any atom is 0.308 e. The predicted octanol–water partition coefficient (Wildman–Crippen LogP) is 5.18. The fourth-order valence-electron chi connectivity index (χ4n) is 4.27. The standard InChI is InChI=1S/C21H28O3/c1-6-7-15-11-18(23-14(3)22)20-16-10-13(2)8-9-17(16)21(4,5)24-19(20)12-15/h8,11-12,16-17H,6-7,9-10H2,1-5H3/t16-,17-/m1/s1. The number of allylic oxidation sites excluding steroid dienone is 2. The van der Waals surface area contributed by atoms with Crippen molar-refractivity contribution in [3.8, 4) is 11.5 Å². The molecule has 0 fully saturated rings. The van der Waals surface area contributed by atoms with Gasteiger partial charge in [0.2, 0.25) is 0 Å². The minimum atomic E-state index is -0.268. The lowest BCUT2D eigenvalue weighted by Gasteiger charge is -2.47. The number of ether oxygens (including phenoxy) is 2. The highest BCUT2D eigenvalue weighted by Crippen LogP contribution is 2.54. The summed E-state index contributed by atoms with van der Waals surface area (Å²) in [6, 6.07) is 4.19. The molecule has 0 spiro atoms. The molecule has 0 radical (unpaired) electrons. The van der Waals surface area contributed by atoms with E-state index in [1.165, 1.54) is 18.1 Å². The first kappa shape index (κ1) is 17.1. The number of carbonyl (C=O) groups excluding carboxylic acids is 1. The largest absolute Gasteiger partial charge is 0.487 e. The van der Waals surface area contributed by atoms with Gasteiger partial charge in [0.05, 0.1) is 0 Å². The van der Waals surface area contributed by atoms with Gasteiger partial charge in [-0.2, -0.15) is 0 Å². The molecule has 0 unspecified atom stereocenters. The van der Waals surface area contributed by atoms with Crippen LogP contribution in [0.2, 0.25) is 0 Å². The average Bonchev–Trinajstić information content (AvgIpc) is 2.45. The molecule has 0 amide bonds. The van der Waals surface area contributed by atoms with Crippen LogP contribution in [-0.2, 0) is 11.2 Å². The van der Waals surface area contributed by atoms with E-state index in [1.807, 2.05) is 6.07 Å². The highest BCUT2D eigenvalue weighted by atomic mass is 16.5. The second-order valence-corrected chi connectivity index (χ2v) is 7.76. The van der Waals surface area contributed by atoms with Gasteiger partial charge in [-0.1, -0.05) is 25.0 Å². The van der Waals surface area contributed by atoms with Gasteiger partial charge in [0.15, 0.2) is 0 Å². The van der Waals surface area contributed by atoms with Crippen molar-refractivity contribution in [2.75, 3.05) is 0 Å². The molecule has 24 heavy (non-hydrogen) atoms. The van der Waals surface area contributed by atoms with E-state index in [1.54, 1.807) is 0 Å². The quantitative estimate of drug-likeness (QED) is 0.436. The summed E-state index contributed by atoms with van der Waals surface area (Å²) in [6.45, 7) is 10.2. The number of benzene rings is 1. The fraction of sp³-hybridized carbons (Fsp3) is 0.571. The van der Waals surface area contributed by atoms with Gasteiger partial charge in [-0.3, -0.25) is 4.79 Å². The van der Waals surface area contributed by atoms with E-state index < -0.39 is 0 Å². The molecule has 0 bridgehead atoms. The lowest BCUT2D eigenvalue weighted by Crippen LogP contribution is -2.45. The molecule has 0 N–H and O–H groups in total. The van der Waals surface area contributed by atoms with Gasteiger partial charge in [0, 0.05) is 24.3 Å². The van der Waals surface area contributed by atoms with Gasteiger partial charge >= 0.3 is 5.97 Å². The van der Waals surface area contributed by atoms with Gasteiger partial charge < -0.3 is 9.47 Å². The zero-order valence-corrected chi connectivity index (χ0v) is 15.4. The first-order valence-electron chi connectivity index (χ1n) is 9.01. The molecule has 2 aliphatic rings. The fourth-order valence-corrected chi connectivity index (χ4v) is 4.27. The first-order valence-corrected chi connectivity index (χ1v) is 9.01. The third-order valence-electron chi connectivity index (χ3n) is 5.34. The Kier molecular flexibility index (Phi) is 4.46. The summed E-state index contributed by atoms with van der Waals surface area (Å²) >= 11 is 0. The molecule has 0 aromatic heterocycles. The van der Waals surface area contributed by atoms with Crippen LogP contribution in [0, 0.1) is 5.92 Å². The van der Waals surface area contributed by atoms with Gasteiger partial charge in [0.25, 0.3) is 0 Å². The summed E-state index contributed by atoms with van der Waals surface area (Å²) in [5.74, 6) is 2.08. The second kappa shape index (κ2) is 6.27. The van der Waals surface area contributed by atoms with Crippen LogP contribution in [0.25, 0.3) is 0 Å². The van der Waals surface area contributed by atoms with Crippen LogP contribution >= 0.6 is 0 Å². The molecule has 0 saturated heterocycles. The predicted molar refractivity (Wildman–Crippen MR) is 95.7 cm³/mol. The third kappa shape index (κ3) is 3.09. The molecule has 3 rings (SSSR count). The van der Waals surface area contributed by atoms with Crippen molar-refractivity contribution >= 4 is 5.97 Å². The van der Waals surface area contributed by atoms with Crippen LogP contribution in [0.15, 0.2) is 23.8 Å². The second-order valence-electron chi connectivity index (χ2n) is 7.76. The molecular weight excluding hydrogens is 300 g/mol. The molecular formula is C21H28O3. The van der Waals surface area contributed by atoms with Crippen molar-refractivity contribution in [2.24, 2.45) is 5.92 Å². The summed E-state index contributed by atoms with van der Waals surface area (Å²) in [4.78, 5) is 11.6. The Morgan fingerprint density at radius 3 is 2.79 bits per heavy atom. The van der Waals surface area contributed by atoms with Crippen molar-refractivity contribution in [1.82, 2.24) is 0 Å². The Hall–Kier alpha value is -1.77. The van der Waals surface area contributed by atoms with E-state index >= 15 is 0 Å². The molecule has 130 valence electrons. The molecule has 1 aliphatic heterocycles. The van der Waals surface area contributed by atoms with Crippen LogP contribution in [0.4, 0.5) is 0 Å². The number of carbonyl (C=O) groups is 1. The van der Waals surface area contributed by atoms with Crippen molar-refractivity contribution in [3.05, 3.63) is 34.9 Å². The van der Waals surface area contributed by atoms with Crippen molar-refractivity contribution in [2.45, 2.75) is 71.8 Å². The molecule has 3 nitrogen and oxygen atoms in total. The van der Waals surface area contributed by atoms with E-state index in [0.717, 1.165) is 37.0 Å². The summed E-state index contributed by atoms with van der Waals surface area (Å²) in [7, 11) is 0. The Labute approximate surface area is 145 Å². The number of aryl methyl sites for hydroxylation is 1. The molecule has 1 aliphatic carbocycles. The Morgan fingerprint density at radius 2 is 2.12 bits per heavy atom. The zero-order valence-electron chi connectivity index (χ0n) is 15.4. The minimum absolute atomic E-state index is 0.215. The van der Waals surface area contributed by atoms with Crippen molar-refractivity contribution < 1.29 is 14.3 Å². The average molecular weight is 328 g/mol. The number of fused-ring (bicyclic) bond motifs is 3. The van der Waals surface area contributed by atoms with Crippen molar-refractivity contribution in [3.63, 3.8) is 0 Å². The summed E-state index contributed by atoms with van der Waals surface area (Å²) in [5.41, 5.74) is 3.45. The molecule has 3 heteroatoms. The lowest BCUT2D eigenvalue weighted by atomic mass is 9.67. The van der Waals surface area contributed by atoms with E-state index in [2.05, 4.69) is 39.8 Å². The Balaban J connectivity index is 2.15.